The number of carbonyl (C=O) groups is 1. The van der Waals surface area contributed by atoms with E-state index < -0.39 is 27.1 Å². The summed E-state index contributed by atoms with van der Waals surface area (Å²) in [6.45, 7) is 6.40. The number of halogens is 1. The van der Waals surface area contributed by atoms with Gasteiger partial charge in [0, 0.05) is 11.6 Å². The molecule has 1 amide bonds. The van der Waals surface area contributed by atoms with Crippen LogP contribution in [0.4, 0.5) is 11.4 Å². The van der Waals surface area contributed by atoms with Crippen LogP contribution in [0, 0.1) is 20.2 Å². The first-order valence-corrected chi connectivity index (χ1v) is 12.4. The molecule has 0 saturated heterocycles. The number of nitro groups is 2. The number of carbonyl (C=O) groups excluding carboxylic acids is 1. The van der Waals surface area contributed by atoms with Crippen LogP contribution in [0.25, 0.3) is 0 Å². The van der Waals surface area contributed by atoms with E-state index in [1.807, 2.05) is 13.8 Å². The summed E-state index contributed by atoms with van der Waals surface area (Å²) in [4.78, 5) is 33.6. The molecule has 0 atom stereocenters. The van der Waals surface area contributed by atoms with Crippen molar-refractivity contribution in [2.75, 3.05) is 19.8 Å². The third-order valence-corrected chi connectivity index (χ3v) is 5.36. The van der Waals surface area contributed by atoms with Crippen molar-refractivity contribution in [3.05, 3.63) is 84.9 Å². The van der Waals surface area contributed by atoms with Gasteiger partial charge in [0.1, 0.15) is 0 Å². The molecule has 14 heteroatoms. The largest absolute Gasteiger partial charge is 0.490 e. The van der Waals surface area contributed by atoms with Crippen LogP contribution in [-0.2, 0) is 0 Å². The van der Waals surface area contributed by atoms with Gasteiger partial charge in [0.2, 0.25) is 5.75 Å². The molecule has 1 N–H and O–H groups in total. The van der Waals surface area contributed by atoms with Crippen LogP contribution in [0.15, 0.2) is 53.6 Å². The number of benzene rings is 3. The fourth-order valence-corrected chi connectivity index (χ4v) is 3.66. The summed E-state index contributed by atoms with van der Waals surface area (Å²) in [6, 6.07) is 10.7. The van der Waals surface area contributed by atoms with E-state index in [1.54, 1.807) is 25.1 Å². The maximum Gasteiger partial charge on any atom is 0.318 e. The third-order valence-electron chi connectivity index (χ3n) is 5.08. The topological polar surface area (TPSA) is 165 Å². The molecule has 13 nitrogen and oxygen atoms in total. The second-order valence-electron chi connectivity index (χ2n) is 7.76. The molecule has 40 heavy (non-hydrogen) atoms. The van der Waals surface area contributed by atoms with Crippen LogP contribution < -0.4 is 24.4 Å². The lowest BCUT2D eigenvalue weighted by molar-refractivity contribution is -0.394. The van der Waals surface area contributed by atoms with Gasteiger partial charge in [-0.05, 0) is 62.7 Å². The molecule has 3 aromatic carbocycles. The van der Waals surface area contributed by atoms with Gasteiger partial charge in [-0.25, -0.2) is 5.43 Å². The van der Waals surface area contributed by atoms with Gasteiger partial charge < -0.3 is 18.9 Å². The third kappa shape index (κ3) is 7.35. The number of rotatable bonds is 13. The molecule has 210 valence electrons. The van der Waals surface area contributed by atoms with Crippen molar-refractivity contribution in [1.82, 2.24) is 5.43 Å². The van der Waals surface area contributed by atoms with Crippen molar-refractivity contribution in [1.29, 1.82) is 0 Å². The Bertz CT molecular complexity index is 1450. The summed E-state index contributed by atoms with van der Waals surface area (Å²) in [5.74, 6) is 0.264. The predicted molar refractivity (Wildman–Crippen MR) is 146 cm³/mol. The summed E-state index contributed by atoms with van der Waals surface area (Å²) in [5.41, 5.74) is 2.04. The number of hydrogen-bond donors (Lipinski definition) is 1. The summed E-state index contributed by atoms with van der Waals surface area (Å²) < 4.78 is 22.3. The highest BCUT2D eigenvalue weighted by Gasteiger charge is 2.23. The highest BCUT2D eigenvalue weighted by molar-refractivity contribution is 6.32. The molecule has 0 fully saturated rings. The Morgan fingerprint density at radius 1 is 0.875 bits per heavy atom. The molecule has 0 aliphatic carbocycles. The molecular formula is C26H25ClN4O9. The minimum atomic E-state index is -0.804. The van der Waals surface area contributed by atoms with Crippen molar-refractivity contribution < 1.29 is 33.6 Å². The van der Waals surface area contributed by atoms with E-state index in [-0.39, 0.29) is 28.9 Å². The Hall–Kier alpha value is -4.91. The molecule has 0 aliphatic rings. The summed E-state index contributed by atoms with van der Waals surface area (Å²) in [6.07, 6.45) is 1.32. The van der Waals surface area contributed by atoms with E-state index in [2.05, 4.69) is 10.5 Å². The molecular weight excluding hydrogens is 548 g/mol. The average molecular weight is 573 g/mol. The van der Waals surface area contributed by atoms with Crippen LogP contribution in [-0.4, -0.2) is 41.8 Å². The Balaban J connectivity index is 1.83. The number of hydrazone groups is 1. The lowest BCUT2D eigenvalue weighted by Gasteiger charge is -2.14. The lowest BCUT2D eigenvalue weighted by Crippen LogP contribution is -2.17. The smallest absolute Gasteiger partial charge is 0.318 e. The summed E-state index contributed by atoms with van der Waals surface area (Å²) in [7, 11) is 0. The van der Waals surface area contributed by atoms with Crippen molar-refractivity contribution in [3.8, 4) is 28.7 Å². The normalized spacial score (nSPS) is 10.7. The Morgan fingerprint density at radius 3 is 2.17 bits per heavy atom. The van der Waals surface area contributed by atoms with Gasteiger partial charge in [0.05, 0.1) is 47.0 Å². The minimum absolute atomic E-state index is 0.0132. The SMILES string of the molecule is CCOc1ccc(C(=O)N/N=C/c2cc(Cl)c(Oc3ccc([N+](=O)[O-])cc3[N+](=O)[O-])c(OCC)c2)cc1OCC. The Kier molecular flexibility index (Phi) is 10.2. The molecule has 3 aromatic rings. The zero-order valence-electron chi connectivity index (χ0n) is 21.7. The summed E-state index contributed by atoms with van der Waals surface area (Å²) in [5, 5.41) is 26.5. The lowest BCUT2D eigenvalue weighted by atomic mass is 10.2. The monoisotopic (exact) mass is 572 g/mol. The number of non-ortho nitro benzene ring substituents is 1. The number of ether oxygens (including phenoxy) is 4. The van der Waals surface area contributed by atoms with Gasteiger partial charge >= 0.3 is 5.69 Å². The van der Waals surface area contributed by atoms with Crippen molar-refractivity contribution >= 4 is 35.1 Å². The maximum atomic E-state index is 12.6. The van der Waals surface area contributed by atoms with Crippen LogP contribution >= 0.6 is 11.6 Å². The van der Waals surface area contributed by atoms with E-state index in [0.717, 1.165) is 18.2 Å². The van der Waals surface area contributed by atoms with Gasteiger partial charge in [-0.2, -0.15) is 5.10 Å². The first-order chi connectivity index (χ1) is 19.2. The van der Waals surface area contributed by atoms with Crippen LogP contribution in [0.5, 0.6) is 28.7 Å². The fourth-order valence-electron chi connectivity index (χ4n) is 3.41. The Labute approximate surface area is 233 Å². The minimum Gasteiger partial charge on any atom is -0.490 e. The van der Waals surface area contributed by atoms with Crippen LogP contribution in [0.1, 0.15) is 36.7 Å². The number of nitro benzene ring substituents is 2. The predicted octanol–water partition coefficient (Wildman–Crippen LogP) is 5.91. The van der Waals surface area contributed by atoms with Gasteiger partial charge in [-0.1, -0.05) is 11.6 Å². The summed E-state index contributed by atoms with van der Waals surface area (Å²) >= 11 is 6.40. The molecule has 0 heterocycles. The molecule has 0 unspecified atom stereocenters. The van der Waals surface area contributed by atoms with Crippen LogP contribution in [0.2, 0.25) is 5.02 Å². The van der Waals surface area contributed by atoms with Crippen molar-refractivity contribution in [3.63, 3.8) is 0 Å². The van der Waals surface area contributed by atoms with Gasteiger partial charge in [-0.3, -0.25) is 25.0 Å². The first-order valence-electron chi connectivity index (χ1n) is 12.0. The second kappa shape index (κ2) is 13.8. The highest BCUT2D eigenvalue weighted by Crippen LogP contribution is 2.42. The number of hydrogen-bond acceptors (Lipinski definition) is 10. The van der Waals surface area contributed by atoms with Gasteiger partial charge in [0.15, 0.2) is 23.0 Å². The van der Waals surface area contributed by atoms with E-state index in [1.165, 1.54) is 18.3 Å². The standard InChI is InChI=1S/C26H25ClN4O9/c1-4-37-22-9-7-17(13-23(22)38-5-2)26(32)29-28-15-16-11-19(27)25(24(12-16)39-6-3)40-21-10-8-18(30(33)34)14-20(21)31(35)36/h7-15H,4-6H2,1-3H3,(H,29,32)/b28-15+. The van der Waals surface area contributed by atoms with E-state index >= 15 is 0 Å². The van der Waals surface area contributed by atoms with Crippen molar-refractivity contribution in [2.45, 2.75) is 20.8 Å². The van der Waals surface area contributed by atoms with E-state index in [4.69, 9.17) is 30.5 Å². The zero-order chi connectivity index (χ0) is 29.2. The first kappa shape index (κ1) is 29.6. The average Bonchev–Trinajstić information content (AvgIpc) is 2.91. The van der Waals surface area contributed by atoms with Gasteiger partial charge in [0.25, 0.3) is 11.6 Å². The van der Waals surface area contributed by atoms with Crippen LogP contribution in [0.3, 0.4) is 0 Å². The number of nitrogens with one attached hydrogen (secondary N) is 1. The second-order valence-corrected chi connectivity index (χ2v) is 8.17. The molecule has 0 radical (unpaired) electrons. The quantitative estimate of drug-likeness (QED) is 0.149. The molecule has 0 saturated carbocycles. The molecule has 3 rings (SSSR count). The highest BCUT2D eigenvalue weighted by atomic mass is 35.5. The van der Waals surface area contributed by atoms with E-state index in [9.17, 15) is 25.0 Å². The van der Waals surface area contributed by atoms with E-state index in [0.29, 0.717) is 35.8 Å². The Morgan fingerprint density at radius 2 is 1.52 bits per heavy atom. The molecule has 0 aliphatic heterocycles. The zero-order valence-corrected chi connectivity index (χ0v) is 22.5. The maximum absolute atomic E-state index is 12.6. The van der Waals surface area contributed by atoms with Gasteiger partial charge in [-0.15, -0.1) is 0 Å². The molecule has 0 spiro atoms. The fraction of sp³-hybridized carbons (Fsp3) is 0.231. The molecule has 0 bridgehead atoms. The number of nitrogens with zero attached hydrogens (tertiary/aromatic N) is 3. The number of amides is 1. The molecule has 0 aromatic heterocycles. The van der Waals surface area contributed by atoms with Crippen molar-refractivity contribution in [2.24, 2.45) is 5.10 Å².